The molecule has 0 spiro atoms. The minimum absolute atomic E-state index is 0.101. The third-order valence-corrected chi connectivity index (χ3v) is 10.6. The summed E-state index contributed by atoms with van der Waals surface area (Å²) < 4.78 is 4.72. The van der Waals surface area contributed by atoms with Crippen molar-refractivity contribution >= 4 is 49.3 Å². The fraction of sp³-hybridized carbons (Fsp3) is 0.106. The maximum Gasteiger partial charge on any atom is 0.0544 e. The molecular formula is C47H36N2. The summed E-state index contributed by atoms with van der Waals surface area (Å²) in [7, 11) is 0. The second kappa shape index (κ2) is 10.7. The van der Waals surface area contributed by atoms with E-state index in [2.05, 4.69) is 169 Å². The van der Waals surface area contributed by atoms with Crippen LogP contribution in [0.25, 0.3) is 77.2 Å². The number of fused-ring (bicyclic) bond motifs is 9. The van der Waals surface area contributed by atoms with E-state index < -0.39 is 0 Å². The van der Waals surface area contributed by atoms with Gasteiger partial charge >= 0.3 is 0 Å². The highest BCUT2D eigenvalue weighted by atomic mass is 15.0. The van der Waals surface area contributed by atoms with E-state index in [-0.39, 0.29) is 5.41 Å². The number of allylic oxidation sites excluding steroid dienone is 4. The lowest BCUT2D eigenvalue weighted by Gasteiger charge is -2.21. The molecule has 0 unspecified atom stereocenters. The summed E-state index contributed by atoms with van der Waals surface area (Å²) >= 11 is 0. The molecule has 2 heterocycles. The first-order valence-electron chi connectivity index (χ1n) is 17.0. The summed E-state index contributed by atoms with van der Waals surface area (Å²) in [6.07, 6.45) is 11.9. The van der Waals surface area contributed by atoms with Gasteiger partial charge in [0.25, 0.3) is 0 Å². The molecule has 8 aromatic rings. The predicted octanol–water partition coefficient (Wildman–Crippen LogP) is 12.2. The van der Waals surface area contributed by atoms with Gasteiger partial charge in [-0.05, 0) is 108 Å². The van der Waals surface area contributed by atoms with Crippen molar-refractivity contribution in [2.24, 2.45) is 0 Å². The van der Waals surface area contributed by atoms with Gasteiger partial charge in [0.2, 0.25) is 0 Å². The zero-order valence-corrected chi connectivity index (χ0v) is 28.3. The maximum absolute atomic E-state index is 5.90. The monoisotopic (exact) mass is 628 g/mol. The second-order valence-corrected chi connectivity index (χ2v) is 13.8. The van der Waals surface area contributed by atoms with E-state index in [1.165, 1.54) is 82.7 Å². The number of para-hydroxylation sites is 1. The SMILES string of the molecule is C#C/C=C(\C=C/C)n1c2ccc(-c3ccc4c(c3)c3ccccc3n4-c3ccc(C)cc3)cc2c2cc3c(cc21)C(C)(C)c1ccccc1-3. The van der Waals surface area contributed by atoms with Gasteiger partial charge < -0.3 is 9.13 Å². The van der Waals surface area contributed by atoms with Crippen molar-refractivity contribution in [2.45, 2.75) is 33.1 Å². The largest absolute Gasteiger partial charge is 0.309 e. The highest BCUT2D eigenvalue weighted by Crippen LogP contribution is 2.51. The minimum Gasteiger partial charge on any atom is -0.309 e. The smallest absolute Gasteiger partial charge is 0.0544 e. The van der Waals surface area contributed by atoms with Crippen molar-refractivity contribution in [3.63, 3.8) is 0 Å². The Hall–Kier alpha value is -6.04. The Kier molecular flexibility index (Phi) is 6.38. The van der Waals surface area contributed by atoms with E-state index in [1.54, 1.807) is 0 Å². The average Bonchev–Trinajstić information content (AvgIpc) is 3.70. The number of nitrogens with zero attached hydrogens (tertiary/aromatic N) is 2. The Balaban J connectivity index is 1.30. The van der Waals surface area contributed by atoms with Gasteiger partial charge in [-0.25, -0.2) is 0 Å². The standard InChI is InChI=1S/C47H36N2/c1-6-12-33(13-7-2)49-45-25-21-32(27-39(45)40-28-37-35-14-8-10-16-41(35)47(4,5)42(37)29-46(40)49)31-20-24-44-38(26-31)36-15-9-11-17-43(36)48(44)34-22-18-30(3)19-23-34/h1,7-29H,2-5H3/b13-7-,33-12+. The molecule has 2 aromatic heterocycles. The van der Waals surface area contributed by atoms with Gasteiger partial charge in [0.1, 0.15) is 0 Å². The molecule has 0 radical (unpaired) electrons. The van der Waals surface area contributed by atoms with Crippen molar-refractivity contribution in [2.75, 3.05) is 0 Å². The topological polar surface area (TPSA) is 9.86 Å². The molecular weight excluding hydrogens is 593 g/mol. The van der Waals surface area contributed by atoms with Crippen molar-refractivity contribution in [3.8, 4) is 40.3 Å². The molecule has 0 bridgehead atoms. The van der Waals surface area contributed by atoms with Crippen LogP contribution in [-0.2, 0) is 5.41 Å². The lowest BCUT2D eigenvalue weighted by molar-refractivity contribution is 0.661. The summed E-state index contributed by atoms with van der Waals surface area (Å²) in [5.74, 6) is 2.80. The Morgan fingerprint density at radius 2 is 1.29 bits per heavy atom. The molecule has 2 nitrogen and oxygen atoms in total. The van der Waals surface area contributed by atoms with Gasteiger partial charge in [0.15, 0.2) is 0 Å². The van der Waals surface area contributed by atoms with Crippen molar-refractivity contribution in [1.82, 2.24) is 9.13 Å². The van der Waals surface area contributed by atoms with E-state index in [9.17, 15) is 0 Å². The van der Waals surface area contributed by atoms with E-state index in [1.807, 2.05) is 13.0 Å². The quantitative estimate of drug-likeness (QED) is 0.136. The first kappa shape index (κ1) is 29.1. The van der Waals surface area contributed by atoms with Crippen LogP contribution in [0.4, 0.5) is 0 Å². The van der Waals surface area contributed by atoms with Gasteiger partial charge in [-0.3, -0.25) is 0 Å². The highest BCUT2D eigenvalue weighted by Gasteiger charge is 2.36. The molecule has 0 amide bonds. The van der Waals surface area contributed by atoms with Gasteiger partial charge in [-0.15, -0.1) is 6.42 Å². The molecule has 0 N–H and O–H groups in total. The fourth-order valence-corrected chi connectivity index (χ4v) is 8.24. The van der Waals surface area contributed by atoms with Crippen LogP contribution < -0.4 is 0 Å². The average molecular weight is 629 g/mol. The molecule has 49 heavy (non-hydrogen) atoms. The van der Waals surface area contributed by atoms with Crippen LogP contribution in [0, 0.1) is 19.3 Å². The van der Waals surface area contributed by atoms with E-state index in [0.29, 0.717) is 0 Å². The third-order valence-electron chi connectivity index (χ3n) is 10.6. The number of hydrogen-bond donors (Lipinski definition) is 0. The Morgan fingerprint density at radius 3 is 2.04 bits per heavy atom. The number of benzene rings is 6. The fourth-order valence-electron chi connectivity index (χ4n) is 8.24. The summed E-state index contributed by atoms with van der Waals surface area (Å²) in [5.41, 5.74) is 15.8. The van der Waals surface area contributed by atoms with Crippen LogP contribution in [0.2, 0.25) is 0 Å². The summed E-state index contributed by atoms with van der Waals surface area (Å²) in [6.45, 7) is 8.85. The molecule has 0 saturated heterocycles. The van der Waals surface area contributed by atoms with Crippen LogP contribution in [0.5, 0.6) is 0 Å². The van der Waals surface area contributed by atoms with Crippen LogP contribution in [0.1, 0.15) is 37.5 Å². The molecule has 0 atom stereocenters. The van der Waals surface area contributed by atoms with Gasteiger partial charge in [0.05, 0.1) is 27.8 Å². The third kappa shape index (κ3) is 4.22. The Labute approximate surface area is 287 Å². The number of aryl methyl sites for hydroxylation is 1. The van der Waals surface area contributed by atoms with Crippen LogP contribution in [0.3, 0.4) is 0 Å². The lowest BCUT2D eigenvalue weighted by atomic mass is 9.82. The van der Waals surface area contributed by atoms with Crippen LogP contribution in [-0.4, -0.2) is 9.13 Å². The number of hydrogen-bond acceptors (Lipinski definition) is 0. The first-order chi connectivity index (χ1) is 23.9. The second-order valence-electron chi connectivity index (χ2n) is 13.8. The summed E-state index contributed by atoms with van der Waals surface area (Å²) in [4.78, 5) is 0. The zero-order valence-electron chi connectivity index (χ0n) is 28.3. The van der Waals surface area contributed by atoms with Crippen LogP contribution in [0.15, 0.2) is 140 Å². The number of rotatable bonds is 4. The van der Waals surface area contributed by atoms with E-state index in [0.717, 1.165) is 11.2 Å². The summed E-state index contributed by atoms with van der Waals surface area (Å²) in [6, 6.07) is 45.0. The number of aromatic nitrogens is 2. The van der Waals surface area contributed by atoms with Gasteiger partial charge in [-0.1, -0.05) is 98.1 Å². The number of terminal acetylenes is 1. The normalized spacial score (nSPS) is 13.9. The van der Waals surface area contributed by atoms with Gasteiger partial charge in [-0.2, -0.15) is 0 Å². The minimum atomic E-state index is -0.101. The van der Waals surface area contributed by atoms with E-state index in [4.69, 9.17) is 6.42 Å². The molecule has 6 aromatic carbocycles. The lowest BCUT2D eigenvalue weighted by Crippen LogP contribution is -2.15. The molecule has 1 aliphatic rings. The molecule has 0 fully saturated rings. The van der Waals surface area contributed by atoms with Crippen molar-refractivity contribution in [3.05, 3.63) is 156 Å². The first-order valence-corrected chi connectivity index (χ1v) is 17.0. The Morgan fingerprint density at radius 1 is 0.633 bits per heavy atom. The molecule has 0 aliphatic heterocycles. The van der Waals surface area contributed by atoms with E-state index >= 15 is 0 Å². The molecule has 1 aliphatic carbocycles. The molecule has 9 rings (SSSR count). The Bertz CT molecular complexity index is 2750. The molecule has 2 heteroatoms. The van der Waals surface area contributed by atoms with Crippen LogP contribution >= 0.6 is 0 Å². The molecule has 234 valence electrons. The van der Waals surface area contributed by atoms with Gasteiger partial charge in [0, 0.05) is 38.7 Å². The van der Waals surface area contributed by atoms with Crippen molar-refractivity contribution in [1.29, 1.82) is 0 Å². The summed E-state index contributed by atoms with van der Waals surface area (Å²) in [5, 5.41) is 4.95. The highest BCUT2D eigenvalue weighted by molar-refractivity contribution is 6.14. The molecule has 0 saturated carbocycles. The predicted molar refractivity (Wildman–Crippen MR) is 209 cm³/mol. The zero-order chi connectivity index (χ0) is 33.4. The van der Waals surface area contributed by atoms with Crippen molar-refractivity contribution < 1.29 is 0 Å². The maximum atomic E-state index is 5.90.